The van der Waals surface area contributed by atoms with Crippen molar-refractivity contribution in [1.82, 2.24) is 42.1 Å². The van der Waals surface area contributed by atoms with Gasteiger partial charge < -0.3 is 73.7 Å². The average molecular weight is 933 g/mol. The number of phenolic OH excluding ortho intramolecular Hbond substituents is 1. The number of nitrogens with one attached hydrogen (secondary N) is 7. The Labute approximate surface area is 381 Å². The Morgan fingerprint density at radius 1 is 0.773 bits per heavy atom. The molecule has 1 aromatic carbocycles. The van der Waals surface area contributed by atoms with Crippen molar-refractivity contribution in [2.24, 2.45) is 17.4 Å². The first kappa shape index (κ1) is 55.4. The van der Waals surface area contributed by atoms with E-state index in [0.29, 0.717) is 50.8 Å². The fourth-order valence-electron chi connectivity index (χ4n) is 6.86. The van der Waals surface area contributed by atoms with Gasteiger partial charge in [-0.25, -0.2) is 0 Å². The number of nitrogens with zero attached hydrogens (tertiary/aromatic N) is 1. The summed E-state index contributed by atoms with van der Waals surface area (Å²) in [7, 11) is 0. The maximum Gasteiger partial charge on any atom is 0.305 e. The van der Waals surface area contributed by atoms with Gasteiger partial charge in [0.25, 0.3) is 0 Å². The molecule has 1 aliphatic rings. The first-order chi connectivity index (χ1) is 31.2. The minimum Gasteiger partial charge on any atom is -0.508 e. The Balaban J connectivity index is 2.21. The molecule has 24 nitrogen and oxygen atoms in total. The molecule has 8 amide bonds. The molecule has 0 aliphatic carbocycles. The fraction of sp³-hybridized carbons (Fsp3) is 0.595. The summed E-state index contributed by atoms with van der Waals surface area (Å²) < 4.78 is 0. The van der Waals surface area contributed by atoms with Crippen molar-refractivity contribution in [1.29, 1.82) is 0 Å². The molecule has 66 heavy (non-hydrogen) atoms. The Morgan fingerprint density at radius 3 is 1.98 bits per heavy atom. The summed E-state index contributed by atoms with van der Waals surface area (Å²) in [6, 6.07) is -3.57. The van der Waals surface area contributed by atoms with Gasteiger partial charge in [0.1, 0.15) is 48.3 Å². The van der Waals surface area contributed by atoms with Crippen LogP contribution in [0.1, 0.15) is 84.1 Å². The summed E-state index contributed by atoms with van der Waals surface area (Å²) >= 11 is 0. The number of hydrogen-bond acceptors (Lipinski definition) is 14. The van der Waals surface area contributed by atoms with Gasteiger partial charge in [0.2, 0.25) is 47.3 Å². The van der Waals surface area contributed by atoms with Gasteiger partial charge in [-0.1, -0.05) is 32.4 Å². The predicted octanol–water partition coefficient (Wildman–Crippen LogP) is -3.36. The second-order valence-corrected chi connectivity index (χ2v) is 15.9. The van der Waals surface area contributed by atoms with E-state index in [1.807, 2.05) is 0 Å². The molecular weight excluding hydrogens is 869 g/mol. The van der Waals surface area contributed by atoms with E-state index in [0.717, 1.165) is 0 Å². The molecule has 14 N–H and O–H groups in total. The van der Waals surface area contributed by atoms with Crippen molar-refractivity contribution in [3.63, 3.8) is 0 Å². The highest BCUT2D eigenvalue weighted by Gasteiger charge is 2.36. The zero-order valence-electron chi connectivity index (χ0n) is 37.3. The van der Waals surface area contributed by atoms with E-state index in [4.69, 9.17) is 16.6 Å². The van der Waals surface area contributed by atoms with E-state index < -0.39 is 133 Å². The third kappa shape index (κ3) is 18.8. The van der Waals surface area contributed by atoms with E-state index in [1.165, 1.54) is 36.1 Å². The first-order valence-electron chi connectivity index (χ1n) is 21.7. The number of unbranched alkanes of at least 4 members (excludes halogenated alkanes) is 1. The van der Waals surface area contributed by atoms with Crippen LogP contribution < -0.4 is 48.7 Å². The van der Waals surface area contributed by atoms with Crippen LogP contribution in [0, 0.1) is 5.92 Å². The standard InChI is InChI=1S/C42H64N10O14/c1-4-23(2)36(51-32(55)21-45-38(62)28(8-5-6-16-43)48-37(61)24(3)46-41(65)31-9-7-17-52(31)33(56)20-44)42(66)49-29(14-15-34(57)58)39(63)50-30(18-25-10-12-27(54)13-11-25)40(64)47-26(22-53)19-35(59)60/h10-13,22-24,26,28-31,36,54H,4-9,14-21,43-44H2,1-3H3,(H,45,62)(H,46,65)(H,47,64)(H,48,61)(H,49,66)(H,50,63)(H,51,55)(H,57,58)(H,59,60)/t23-,24-,26-,28-,29-,30-,31-,36-/m0/s1. The Kier molecular flexibility index (Phi) is 23.7. The molecule has 0 spiro atoms. The highest BCUT2D eigenvalue weighted by molar-refractivity contribution is 5.97. The number of carbonyl (C=O) groups is 11. The van der Waals surface area contributed by atoms with Gasteiger partial charge in [-0.3, -0.25) is 47.9 Å². The van der Waals surface area contributed by atoms with Crippen LogP contribution in [0.4, 0.5) is 0 Å². The van der Waals surface area contributed by atoms with E-state index in [9.17, 15) is 63.0 Å². The number of aldehydes is 1. The highest BCUT2D eigenvalue weighted by atomic mass is 16.4. The molecule has 366 valence electrons. The molecule has 1 fully saturated rings. The van der Waals surface area contributed by atoms with Crippen molar-refractivity contribution < 1.29 is 68.1 Å². The SMILES string of the molecule is CC[C@H](C)[C@H](NC(=O)CNC(=O)[C@H](CCCCN)NC(=O)[C@H](C)NC(=O)[C@@H]1CCCN1C(=O)CN)C(=O)N[C@@H](CCC(=O)O)C(=O)N[C@@H](Cc1ccc(O)cc1)C(=O)N[C@H](C=O)CC(=O)O. The maximum absolute atomic E-state index is 13.8. The number of carboxylic acid groups (broad SMARTS) is 2. The molecule has 0 unspecified atom stereocenters. The first-order valence-corrected chi connectivity index (χ1v) is 21.7. The second kappa shape index (κ2) is 28.3. The summed E-state index contributed by atoms with van der Waals surface area (Å²) in [5, 5.41) is 45.5. The molecule has 0 radical (unpaired) electrons. The third-order valence-corrected chi connectivity index (χ3v) is 10.8. The molecule has 1 aromatic rings. The number of rotatable bonds is 29. The summed E-state index contributed by atoms with van der Waals surface area (Å²) in [5.74, 6) is -9.70. The Bertz CT molecular complexity index is 1880. The number of aliphatic carboxylic acids is 2. The molecule has 1 saturated heterocycles. The van der Waals surface area contributed by atoms with E-state index in [1.54, 1.807) is 13.8 Å². The van der Waals surface area contributed by atoms with E-state index in [2.05, 4.69) is 37.2 Å². The van der Waals surface area contributed by atoms with Crippen molar-refractivity contribution in [2.45, 2.75) is 127 Å². The maximum atomic E-state index is 13.8. The van der Waals surface area contributed by atoms with Crippen LogP contribution in [0.2, 0.25) is 0 Å². The van der Waals surface area contributed by atoms with Gasteiger partial charge in [0.05, 0.1) is 25.6 Å². The lowest BCUT2D eigenvalue weighted by molar-refractivity contribution is -0.140. The third-order valence-electron chi connectivity index (χ3n) is 10.8. The van der Waals surface area contributed by atoms with Crippen LogP contribution in [-0.2, 0) is 59.2 Å². The summed E-state index contributed by atoms with van der Waals surface area (Å²) in [6.07, 6.45) is 0.326. The highest BCUT2D eigenvalue weighted by Crippen LogP contribution is 2.18. The van der Waals surface area contributed by atoms with Crippen LogP contribution in [0.5, 0.6) is 5.75 Å². The Hall–Kier alpha value is -6.69. The quantitative estimate of drug-likeness (QED) is 0.0276. The predicted molar refractivity (Wildman–Crippen MR) is 233 cm³/mol. The molecule has 2 rings (SSSR count). The topological polar surface area (TPSA) is 388 Å². The monoisotopic (exact) mass is 932 g/mol. The van der Waals surface area contributed by atoms with Gasteiger partial charge in [-0.05, 0) is 75.6 Å². The molecule has 0 saturated carbocycles. The van der Waals surface area contributed by atoms with Crippen LogP contribution in [-0.4, -0.2) is 154 Å². The van der Waals surface area contributed by atoms with Gasteiger partial charge in [-0.15, -0.1) is 0 Å². The minimum absolute atomic E-state index is 0.105. The largest absolute Gasteiger partial charge is 0.508 e. The number of aromatic hydroxyl groups is 1. The average Bonchev–Trinajstić information content (AvgIpc) is 3.78. The van der Waals surface area contributed by atoms with Gasteiger partial charge in [-0.2, -0.15) is 0 Å². The molecule has 0 aromatic heterocycles. The normalized spacial score (nSPS) is 16.4. The smallest absolute Gasteiger partial charge is 0.305 e. The molecule has 1 aliphatic heterocycles. The number of likely N-dealkylation sites (tertiary alicyclic amines) is 1. The fourth-order valence-corrected chi connectivity index (χ4v) is 6.86. The molecule has 1 heterocycles. The molecular formula is C42H64N10O14. The van der Waals surface area contributed by atoms with Crippen molar-refractivity contribution in [2.75, 3.05) is 26.2 Å². The summed E-state index contributed by atoms with van der Waals surface area (Å²) in [5.41, 5.74) is 11.5. The molecule has 24 heteroatoms. The lowest BCUT2D eigenvalue weighted by atomic mass is 9.97. The van der Waals surface area contributed by atoms with Crippen LogP contribution in [0.15, 0.2) is 24.3 Å². The van der Waals surface area contributed by atoms with Crippen LogP contribution in [0.25, 0.3) is 0 Å². The van der Waals surface area contributed by atoms with Crippen LogP contribution >= 0.6 is 0 Å². The van der Waals surface area contributed by atoms with Gasteiger partial charge >= 0.3 is 11.9 Å². The van der Waals surface area contributed by atoms with E-state index >= 15 is 0 Å². The lowest BCUT2D eigenvalue weighted by Gasteiger charge is -2.28. The van der Waals surface area contributed by atoms with E-state index in [-0.39, 0.29) is 31.4 Å². The number of amides is 8. The minimum atomic E-state index is -1.61. The molecule has 8 atom stereocenters. The summed E-state index contributed by atoms with van der Waals surface area (Å²) in [6.45, 7) is 4.39. The van der Waals surface area contributed by atoms with Crippen LogP contribution in [0.3, 0.4) is 0 Å². The lowest BCUT2D eigenvalue weighted by Crippen LogP contribution is -2.59. The summed E-state index contributed by atoms with van der Waals surface area (Å²) in [4.78, 5) is 142. The zero-order chi connectivity index (χ0) is 49.5. The molecule has 0 bridgehead atoms. The number of benzene rings is 1. The zero-order valence-corrected chi connectivity index (χ0v) is 37.3. The van der Waals surface area contributed by atoms with Crippen molar-refractivity contribution in [3.8, 4) is 5.75 Å². The van der Waals surface area contributed by atoms with Gasteiger partial charge in [0, 0.05) is 19.4 Å². The number of nitrogens with two attached hydrogens (primary N) is 2. The van der Waals surface area contributed by atoms with Crippen molar-refractivity contribution in [3.05, 3.63) is 29.8 Å². The second-order valence-electron chi connectivity index (χ2n) is 15.9. The number of carboxylic acids is 2. The Morgan fingerprint density at radius 2 is 1.39 bits per heavy atom. The number of carbonyl (C=O) groups excluding carboxylic acids is 9. The number of hydrogen-bond donors (Lipinski definition) is 12. The van der Waals surface area contributed by atoms with Crippen molar-refractivity contribution >= 4 is 65.5 Å². The number of phenols is 1. The van der Waals surface area contributed by atoms with Gasteiger partial charge in [0.15, 0.2) is 0 Å².